The van der Waals surface area contributed by atoms with E-state index in [-0.39, 0.29) is 11.7 Å². The standard InChI is InChI=1S/C21H23N3O3S/c1-14-4-7-17(8-5-14)9-11-19(25)22-21(28)24-23-20(26)13-27-18-10-6-15(2)12-16(18)3/h4-12H,13H2,1-3H3,(H,23,26)(H2,22,24,25,28). The van der Waals surface area contributed by atoms with E-state index in [9.17, 15) is 9.59 Å². The van der Waals surface area contributed by atoms with Crippen molar-refractivity contribution in [2.75, 3.05) is 6.61 Å². The van der Waals surface area contributed by atoms with Crippen LogP contribution in [0.4, 0.5) is 0 Å². The van der Waals surface area contributed by atoms with Gasteiger partial charge in [0.25, 0.3) is 5.91 Å². The maximum absolute atomic E-state index is 11.9. The Hall–Kier alpha value is -3.19. The fraction of sp³-hybridized carbons (Fsp3) is 0.190. The SMILES string of the molecule is Cc1ccc(C=CC(=O)NC(=S)NNC(=O)COc2ccc(C)cc2C)cc1. The van der Waals surface area contributed by atoms with Gasteiger partial charge >= 0.3 is 0 Å². The highest BCUT2D eigenvalue weighted by Gasteiger charge is 2.06. The molecule has 0 spiro atoms. The van der Waals surface area contributed by atoms with E-state index in [1.807, 2.05) is 63.2 Å². The van der Waals surface area contributed by atoms with Gasteiger partial charge in [-0.2, -0.15) is 0 Å². The molecule has 7 heteroatoms. The van der Waals surface area contributed by atoms with E-state index in [4.69, 9.17) is 17.0 Å². The largest absolute Gasteiger partial charge is 0.483 e. The summed E-state index contributed by atoms with van der Waals surface area (Å²) in [7, 11) is 0. The zero-order valence-electron chi connectivity index (χ0n) is 16.0. The monoisotopic (exact) mass is 397 g/mol. The number of carbonyl (C=O) groups is 2. The molecule has 0 aliphatic heterocycles. The first-order valence-electron chi connectivity index (χ1n) is 8.68. The van der Waals surface area contributed by atoms with Gasteiger partial charge in [0.1, 0.15) is 5.75 Å². The Morgan fingerprint density at radius 3 is 2.36 bits per heavy atom. The molecule has 0 radical (unpaired) electrons. The predicted molar refractivity (Wildman–Crippen MR) is 114 cm³/mol. The molecule has 2 rings (SSSR count). The van der Waals surface area contributed by atoms with Crippen LogP contribution < -0.4 is 20.9 Å². The van der Waals surface area contributed by atoms with Gasteiger partial charge in [-0.25, -0.2) is 0 Å². The molecule has 0 saturated carbocycles. The van der Waals surface area contributed by atoms with Crippen molar-refractivity contribution < 1.29 is 14.3 Å². The Bertz CT molecular complexity index is 892. The van der Waals surface area contributed by atoms with Gasteiger partial charge in [0.05, 0.1) is 0 Å². The van der Waals surface area contributed by atoms with Gasteiger partial charge in [-0.1, -0.05) is 47.5 Å². The van der Waals surface area contributed by atoms with Crippen molar-refractivity contribution in [3.05, 3.63) is 70.8 Å². The number of aryl methyl sites for hydroxylation is 3. The van der Waals surface area contributed by atoms with Gasteiger partial charge in [0, 0.05) is 6.08 Å². The fourth-order valence-electron chi connectivity index (χ4n) is 2.30. The van der Waals surface area contributed by atoms with Gasteiger partial charge in [0.2, 0.25) is 5.91 Å². The summed E-state index contributed by atoms with van der Waals surface area (Å²) in [6.07, 6.45) is 3.04. The number of rotatable bonds is 5. The van der Waals surface area contributed by atoms with E-state index in [2.05, 4.69) is 16.2 Å². The maximum atomic E-state index is 11.9. The molecule has 0 atom stereocenters. The topological polar surface area (TPSA) is 79.5 Å². The first-order valence-corrected chi connectivity index (χ1v) is 9.09. The second-order valence-electron chi connectivity index (χ2n) is 6.29. The van der Waals surface area contributed by atoms with Crippen molar-refractivity contribution in [2.24, 2.45) is 0 Å². The molecule has 0 aromatic heterocycles. The van der Waals surface area contributed by atoms with E-state index in [1.54, 1.807) is 6.08 Å². The van der Waals surface area contributed by atoms with E-state index >= 15 is 0 Å². The van der Waals surface area contributed by atoms with Gasteiger partial charge < -0.3 is 4.74 Å². The highest BCUT2D eigenvalue weighted by atomic mass is 32.1. The lowest BCUT2D eigenvalue weighted by Gasteiger charge is -2.12. The maximum Gasteiger partial charge on any atom is 0.276 e. The zero-order chi connectivity index (χ0) is 20.5. The second kappa shape index (κ2) is 10.2. The normalized spacial score (nSPS) is 10.4. The molecule has 2 amide bonds. The molecule has 0 aliphatic rings. The summed E-state index contributed by atoms with van der Waals surface area (Å²) in [5, 5.41) is 2.43. The minimum atomic E-state index is -0.424. The van der Waals surface area contributed by atoms with Gasteiger partial charge in [-0.3, -0.25) is 25.8 Å². The number of amides is 2. The number of ether oxygens (including phenoxy) is 1. The summed E-state index contributed by atoms with van der Waals surface area (Å²) >= 11 is 4.98. The molecule has 0 saturated heterocycles. The predicted octanol–water partition coefficient (Wildman–Crippen LogP) is 2.73. The molecule has 28 heavy (non-hydrogen) atoms. The number of benzene rings is 2. The summed E-state index contributed by atoms with van der Waals surface area (Å²) in [6, 6.07) is 13.4. The van der Waals surface area contributed by atoms with E-state index in [1.165, 1.54) is 6.08 Å². The molecular formula is C21H23N3O3S. The van der Waals surface area contributed by atoms with Crippen molar-refractivity contribution in [3.8, 4) is 5.75 Å². The summed E-state index contributed by atoms with van der Waals surface area (Å²) in [4.78, 5) is 23.7. The smallest absolute Gasteiger partial charge is 0.276 e. The number of nitrogens with one attached hydrogen (secondary N) is 3. The molecule has 2 aromatic rings. The quantitative estimate of drug-likeness (QED) is 0.411. The van der Waals surface area contributed by atoms with Crippen LogP contribution in [0.25, 0.3) is 6.08 Å². The molecule has 0 unspecified atom stereocenters. The van der Waals surface area contributed by atoms with Crippen molar-refractivity contribution >= 4 is 35.2 Å². The molecule has 0 heterocycles. The molecule has 0 fully saturated rings. The zero-order valence-corrected chi connectivity index (χ0v) is 16.9. The minimum absolute atomic E-state index is 0.0153. The lowest BCUT2D eigenvalue weighted by molar-refractivity contribution is -0.123. The molecule has 146 valence electrons. The van der Waals surface area contributed by atoms with E-state index < -0.39 is 11.8 Å². The Balaban J connectivity index is 1.71. The van der Waals surface area contributed by atoms with Crippen LogP contribution >= 0.6 is 12.2 Å². The molecule has 0 bridgehead atoms. The summed E-state index contributed by atoms with van der Waals surface area (Å²) in [6.45, 7) is 5.71. The third kappa shape index (κ3) is 7.20. The van der Waals surface area contributed by atoms with Crippen LogP contribution in [0.5, 0.6) is 5.75 Å². The van der Waals surface area contributed by atoms with Crippen LogP contribution in [0.3, 0.4) is 0 Å². The number of hydrogen-bond acceptors (Lipinski definition) is 4. The summed E-state index contributed by atoms with van der Waals surface area (Å²) in [5.41, 5.74) is 8.95. The van der Waals surface area contributed by atoms with Crippen LogP contribution in [0, 0.1) is 20.8 Å². The molecule has 0 aliphatic carbocycles. The number of hydrazine groups is 1. The van der Waals surface area contributed by atoms with Crippen molar-refractivity contribution in [1.82, 2.24) is 16.2 Å². The van der Waals surface area contributed by atoms with Gasteiger partial charge in [-0.05, 0) is 56.3 Å². The lowest BCUT2D eigenvalue weighted by Crippen LogP contribution is -2.49. The van der Waals surface area contributed by atoms with Gasteiger partial charge in [-0.15, -0.1) is 0 Å². The van der Waals surface area contributed by atoms with E-state index in [0.29, 0.717) is 5.75 Å². The third-order valence-electron chi connectivity index (χ3n) is 3.75. The molecule has 6 nitrogen and oxygen atoms in total. The Morgan fingerprint density at radius 2 is 1.68 bits per heavy atom. The van der Waals surface area contributed by atoms with Crippen LogP contribution in [-0.2, 0) is 9.59 Å². The van der Waals surface area contributed by atoms with Crippen LogP contribution in [0.2, 0.25) is 0 Å². The Labute approximate surface area is 169 Å². The van der Waals surface area contributed by atoms with Crippen molar-refractivity contribution in [3.63, 3.8) is 0 Å². The average Bonchev–Trinajstić information content (AvgIpc) is 2.65. The Kier molecular flexibility index (Phi) is 7.71. The molecule has 3 N–H and O–H groups in total. The average molecular weight is 398 g/mol. The highest BCUT2D eigenvalue weighted by Crippen LogP contribution is 2.18. The van der Waals surface area contributed by atoms with Crippen molar-refractivity contribution in [2.45, 2.75) is 20.8 Å². The Morgan fingerprint density at radius 1 is 1.00 bits per heavy atom. The molecule has 2 aromatic carbocycles. The number of hydrogen-bond donors (Lipinski definition) is 3. The third-order valence-corrected chi connectivity index (χ3v) is 3.95. The van der Waals surface area contributed by atoms with Crippen LogP contribution in [-0.4, -0.2) is 23.5 Å². The minimum Gasteiger partial charge on any atom is -0.483 e. The highest BCUT2D eigenvalue weighted by molar-refractivity contribution is 7.80. The first kappa shape index (κ1) is 21.1. The van der Waals surface area contributed by atoms with Crippen LogP contribution in [0.1, 0.15) is 22.3 Å². The first-order chi connectivity index (χ1) is 13.3. The molecular weight excluding hydrogens is 374 g/mol. The van der Waals surface area contributed by atoms with E-state index in [0.717, 1.165) is 22.3 Å². The van der Waals surface area contributed by atoms with Crippen LogP contribution in [0.15, 0.2) is 48.5 Å². The fourth-order valence-corrected chi connectivity index (χ4v) is 2.45. The van der Waals surface area contributed by atoms with Crippen molar-refractivity contribution in [1.29, 1.82) is 0 Å². The second-order valence-corrected chi connectivity index (χ2v) is 6.70. The van der Waals surface area contributed by atoms with Gasteiger partial charge in [0.15, 0.2) is 11.7 Å². The number of thiocarbonyl (C=S) groups is 1. The number of carbonyl (C=O) groups excluding carboxylic acids is 2. The summed E-state index contributed by atoms with van der Waals surface area (Å²) in [5.74, 6) is -0.191. The summed E-state index contributed by atoms with van der Waals surface area (Å²) < 4.78 is 5.47. The lowest BCUT2D eigenvalue weighted by atomic mass is 10.1.